The van der Waals surface area contributed by atoms with Crippen LogP contribution in [0.4, 0.5) is 5.69 Å². The highest BCUT2D eigenvalue weighted by molar-refractivity contribution is 6.30. The lowest BCUT2D eigenvalue weighted by Crippen LogP contribution is -2.41. The van der Waals surface area contributed by atoms with Crippen molar-refractivity contribution in [3.63, 3.8) is 0 Å². The van der Waals surface area contributed by atoms with Crippen LogP contribution in [0.5, 0.6) is 0 Å². The summed E-state index contributed by atoms with van der Waals surface area (Å²) in [6, 6.07) is 5.56. The fraction of sp³-hybridized carbons (Fsp3) is 0.533. The Balaban J connectivity index is 2.00. The van der Waals surface area contributed by atoms with Gasteiger partial charge in [0.15, 0.2) is 0 Å². The molecule has 1 amide bonds. The molecule has 1 saturated heterocycles. The third-order valence-electron chi connectivity index (χ3n) is 3.52. The third-order valence-corrected chi connectivity index (χ3v) is 3.76. The lowest BCUT2D eigenvalue weighted by Gasteiger charge is -2.19. The van der Waals surface area contributed by atoms with Gasteiger partial charge in [0.2, 0.25) is 5.91 Å². The number of rotatable bonds is 5. The third kappa shape index (κ3) is 3.72. The molecule has 110 valence electrons. The Hall–Kier alpha value is -1.10. The van der Waals surface area contributed by atoms with Crippen LogP contribution in [0.3, 0.4) is 0 Å². The van der Waals surface area contributed by atoms with Gasteiger partial charge in [-0.15, -0.1) is 0 Å². The normalized spacial score (nSPS) is 21.9. The van der Waals surface area contributed by atoms with Crippen LogP contribution in [-0.2, 0) is 9.53 Å². The number of anilines is 1. The van der Waals surface area contributed by atoms with Gasteiger partial charge in [-0.1, -0.05) is 18.5 Å². The van der Waals surface area contributed by atoms with Crippen LogP contribution in [-0.4, -0.2) is 31.7 Å². The van der Waals surface area contributed by atoms with Crippen molar-refractivity contribution in [3.05, 3.63) is 28.8 Å². The van der Waals surface area contributed by atoms with E-state index in [-0.39, 0.29) is 17.9 Å². The van der Waals surface area contributed by atoms with Crippen LogP contribution in [0.2, 0.25) is 5.02 Å². The van der Waals surface area contributed by atoms with Gasteiger partial charge in [0.05, 0.1) is 19.1 Å². The number of carbonyl (C=O) groups is 1. The van der Waals surface area contributed by atoms with E-state index in [2.05, 4.69) is 17.6 Å². The monoisotopic (exact) mass is 296 g/mol. The summed E-state index contributed by atoms with van der Waals surface area (Å²) < 4.78 is 5.43. The highest BCUT2D eigenvalue weighted by atomic mass is 35.5. The Morgan fingerprint density at radius 1 is 1.45 bits per heavy atom. The fourth-order valence-electron chi connectivity index (χ4n) is 2.34. The summed E-state index contributed by atoms with van der Waals surface area (Å²) in [5, 5.41) is 7.01. The molecule has 2 atom stereocenters. The quantitative estimate of drug-likeness (QED) is 0.878. The number of amides is 1. The van der Waals surface area contributed by atoms with Crippen LogP contribution in [0.1, 0.15) is 18.9 Å². The van der Waals surface area contributed by atoms with Crippen LogP contribution < -0.4 is 10.6 Å². The van der Waals surface area contributed by atoms with Crippen LogP contribution >= 0.6 is 11.6 Å². The van der Waals surface area contributed by atoms with E-state index in [9.17, 15) is 4.79 Å². The molecule has 1 aromatic rings. The van der Waals surface area contributed by atoms with Crippen molar-refractivity contribution in [1.29, 1.82) is 0 Å². The molecule has 0 radical (unpaired) electrons. The Bertz CT molecular complexity index is 479. The number of nitrogens with one attached hydrogen (secondary N) is 2. The number of benzene rings is 1. The molecule has 1 aliphatic rings. The fourth-order valence-corrected chi connectivity index (χ4v) is 2.56. The van der Waals surface area contributed by atoms with Gasteiger partial charge < -0.3 is 15.4 Å². The second-order valence-corrected chi connectivity index (χ2v) is 5.59. The van der Waals surface area contributed by atoms with E-state index in [1.807, 2.05) is 19.1 Å². The van der Waals surface area contributed by atoms with E-state index in [1.165, 1.54) is 0 Å². The van der Waals surface area contributed by atoms with Gasteiger partial charge >= 0.3 is 0 Å². The van der Waals surface area contributed by atoms with Gasteiger partial charge in [-0.2, -0.15) is 0 Å². The number of halogens is 1. The zero-order chi connectivity index (χ0) is 14.5. The lowest BCUT2D eigenvalue weighted by atomic mass is 10.0. The van der Waals surface area contributed by atoms with E-state index in [0.29, 0.717) is 18.2 Å². The van der Waals surface area contributed by atoms with Crippen LogP contribution in [0.15, 0.2) is 18.2 Å². The first-order valence-electron chi connectivity index (χ1n) is 7.00. The molecular formula is C15H21ClN2O2. The Morgan fingerprint density at radius 2 is 2.25 bits per heavy atom. The lowest BCUT2D eigenvalue weighted by molar-refractivity contribution is -0.120. The molecule has 0 bridgehead atoms. The molecule has 2 rings (SSSR count). The average Bonchev–Trinajstić information content (AvgIpc) is 2.88. The number of ether oxygens (including phenoxy) is 1. The molecule has 20 heavy (non-hydrogen) atoms. The summed E-state index contributed by atoms with van der Waals surface area (Å²) in [5.74, 6) is -0.141. The number of carbonyl (C=O) groups excluding carboxylic acids is 1. The predicted molar refractivity (Wildman–Crippen MR) is 81.2 cm³/mol. The van der Waals surface area contributed by atoms with E-state index < -0.39 is 0 Å². The van der Waals surface area contributed by atoms with Crippen molar-refractivity contribution in [3.8, 4) is 0 Å². The minimum absolute atomic E-state index is 0.00141. The van der Waals surface area contributed by atoms with Gasteiger partial charge in [0, 0.05) is 16.8 Å². The molecular weight excluding hydrogens is 276 g/mol. The van der Waals surface area contributed by atoms with Crippen molar-refractivity contribution in [1.82, 2.24) is 5.32 Å². The number of hydrogen-bond donors (Lipinski definition) is 2. The van der Waals surface area contributed by atoms with E-state index >= 15 is 0 Å². The minimum Gasteiger partial charge on any atom is -0.379 e. The smallest absolute Gasteiger partial charge is 0.231 e. The van der Waals surface area contributed by atoms with E-state index in [0.717, 1.165) is 24.2 Å². The van der Waals surface area contributed by atoms with E-state index in [4.69, 9.17) is 16.3 Å². The van der Waals surface area contributed by atoms with Gasteiger partial charge in [-0.3, -0.25) is 4.79 Å². The molecule has 1 aromatic carbocycles. The zero-order valence-corrected chi connectivity index (χ0v) is 12.7. The van der Waals surface area contributed by atoms with Crippen molar-refractivity contribution >= 4 is 23.2 Å². The van der Waals surface area contributed by atoms with Gasteiger partial charge in [-0.05, 0) is 43.7 Å². The maximum atomic E-state index is 12.4. The first-order chi connectivity index (χ1) is 9.61. The first kappa shape index (κ1) is 15.3. The molecule has 0 aliphatic carbocycles. The molecule has 0 saturated carbocycles. The Kier molecular flexibility index (Phi) is 5.40. The van der Waals surface area contributed by atoms with Crippen LogP contribution in [0, 0.1) is 12.8 Å². The maximum Gasteiger partial charge on any atom is 0.231 e. The molecule has 1 fully saturated rings. The summed E-state index contributed by atoms with van der Waals surface area (Å²) >= 11 is 5.92. The predicted octanol–water partition coefficient (Wildman–Crippen LogP) is 2.60. The Labute approximate surface area is 124 Å². The van der Waals surface area contributed by atoms with Crippen molar-refractivity contribution in [2.75, 3.05) is 25.1 Å². The molecule has 1 heterocycles. The minimum atomic E-state index is -0.142. The van der Waals surface area contributed by atoms with Crippen molar-refractivity contribution in [2.45, 2.75) is 26.3 Å². The molecule has 5 heteroatoms. The highest BCUT2D eigenvalue weighted by Crippen LogP contribution is 2.22. The molecule has 4 nitrogen and oxygen atoms in total. The van der Waals surface area contributed by atoms with Gasteiger partial charge in [0.25, 0.3) is 0 Å². The van der Waals surface area contributed by atoms with Gasteiger partial charge in [0.1, 0.15) is 0 Å². The maximum absolute atomic E-state index is 12.4. The number of aryl methyl sites for hydroxylation is 1. The molecule has 2 N–H and O–H groups in total. The second-order valence-electron chi connectivity index (χ2n) is 5.15. The second kappa shape index (κ2) is 7.07. The summed E-state index contributed by atoms with van der Waals surface area (Å²) in [7, 11) is 0. The first-order valence-corrected chi connectivity index (χ1v) is 7.37. The van der Waals surface area contributed by atoms with E-state index in [1.54, 1.807) is 6.07 Å². The molecule has 0 aromatic heterocycles. The van der Waals surface area contributed by atoms with Crippen molar-refractivity contribution in [2.24, 2.45) is 5.92 Å². The molecule has 2 unspecified atom stereocenters. The summed E-state index contributed by atoms with van der Waals surface area (Å²) in [4.78, 5) is 12.4. The highest BCUT2D eigenvalue weighted by Gasteiger charge is 2.33. The van der Waals surface area contributed by atoms with Crippen molar-refractivity contribution < 1.29 is 9.53 Å². The zero-order valence-electron chi connectivity index (χ0n) is 11.9. The SMILES string of the molecule is CCCNC1COCC1C(=O)Nc1ccc(Cl)cc1C. The topological polar surface area (TPSA) is 50.4 Å². The standard InChI is InChI=1S/C15H21ClN2O2/c1-3-6-17-14-9-20-8-12(14)15(19)18-13-5-4-11(16)7-10(13)2/h4-5,7,12,14,17H,3,6,8-9H2,1-2H3,(H,18,19). The number of hydrogen-bond acceptors (Lipinski definition) is 3. The molecule has 0 spiro atoms. The summed E-state index contributed by atoms with van der Waals surface area (Å²) in [6.07, 6.45) is 1.04. The van der Waals surface area contributed by atoms with Gasteiger partial charge in [-0.25, -0.2) is 0 Å². The Morgan fingerprint density at radius 3 is 2.95 bits per heavy atom. The van der Waals surface area contributed by atoms with Crippen LogP contribution in [0.25, 0.3) is 0 Å². The molecule has 1 aliphatic heterocycles. The summed E-state index contributed by atoms with van der Waals surface area (Å²) in [6.45, 7) is 6.00. The average molecular weight is 297 g/mol. The largest absolute Gasteiger partial charge is 0.379 e. The summed E-state index contributed by atoms with van der Waals surface area (Å²) in [5.41, 5.74) is 1.77.